The molecule has 1 aliphatic carbocycles. The second kappa shape index (κ2) is 3.44. The lowest BCUT2D eigenvalue weighted by molar-refractivity contribution is 0.227. The number of hydrogen-bond donors (Lipinski definition) is 2. The Bertz CT molecular complexity index is 206. The molecule has 0 bridgehead atoms. The van der Waals surface area contributed by atoms with Crippen molar-refractivity contribution in [1.82, 2.24) is 0 Å². The highest BCUT2D eigenvalue weighted by molar-refractivity contribution is 5.31. The molecule has 3 heteroatoms. The van der Waals surface area contributed by atoms with Gasteiger partial charge in [0.1, 0.15) is 0 Å². The Morgan fingerprint density at radius 2 is 2.18 bits per heavy atom. The van der Waals surface area contributed by atoms with Gasteiger partial charge in [-0.05, 0) is 24.5 Å². The van der Waals surface area contributed by atoms with Gasteiger partial charge in [0.05, 0.1) is 6.61 Å². The topological polar surface area (TPSA) is 61.3 Å². The zero-order valence-corrected chi connectivity index (χ0v) is 6.76. The van der Waals surface area contributed by atoms with Gasteiger partial charge in [-0.25, -0.2) is 0 Å². The van der Waals surface area contributed by atoms with Crippen molar-refractivity contribution in [3.63, 3.8) is 0 Å². The zero-order valence-electron chi connectivity index (χ0n) is 6.76. The molecule has 0 unspecified atom stereocenters. The highest BCUT2D eigenvalue weighted by Gasteiger charge is 2.07. The highest BCUT2D eigenvalue weighted by atomic mass is 16.5. The van der Waals surface area contributed by atoms with Gasteiger partial charge in [-0.3, -0.25) is 0 Å². The van der Waals surface area contributed by atoms with Crippen molar-refractivity contribution < 1.29 is 4.74 Å². The number of nitrogens with two attached hydrogens (primary N) is 2. The summed E-state index contributed by atoms with van der Waals surface area (Å²) in [7, 11) is 1.65. The molecule has 0 saturated carbocycles. The molecule has 0 aromatic rings. The van der Waals surface area contributed by atoms with Crippen molar-refractivity contribution in [2.45, 2.75) is 12.8 Å². The third-order valence-corrected chi connectivity index (χ3v) is 1.75. The first-order valence-corrected chi connectivity index (χ1v) is 3.66. The Morgan fingerprint density at radius 1 is 1.45 bits per heavy atom. The van der Waals surface area contributed by atoms with Crippen molar-refractivity contribution in [2.75, 3.05) is 13.7 Å². The Labute approximate surface area is 66.7 Å². The lowest BCUT2D eigenvalue weighted by Crippen LogP contribution is -2.13. The zero-order chi connectivity index (χ0) is 8.27. The Hall–Kier alpha value is -0.960. The molecule has 3 nitrogen and oxygen atoms in total. The number of methoxy groups -OCH3 is 1. The van der Waals surface area contributed by atoms with Gasteiger partial charge in [0, 0.05) is 18.5 Å². The standard InChI is InChI=1S/C8H14N2O/c1-11-5-6-4-7(9)2-3-8(6)10/h4H,2-3,5,9-10H2,1H3. The molecule has 0 spiro atoms. The molecule has 0 amide bonds. The van der Waals surface area contributed by atoms with E-state index in [4.69, 9.17) is 16.2 Å². The number of ether oxygens (including phenoxy) is 1. The van der Waals surface area contributed by atoms with Crippen LogP contribution in [0.3, 0.4) is 0 Å². The maximum absolute atomic E-state index is 5.73. The van der Waals surface area contributed by atoms with Gasteiger partial charge in [-0.15, -0.1) is 0 Å². The van der Waals surface area contributed by atoms with Crippen molar-refractivity contribution in [3.05, 3.63) is 23.0 Å². The first kappa shape index (κ1) is 8.14. The quantitative estimate of drug-likeness (QED) is 0.608. The molecule has 0 fully saturated rings. The number of rotatable bonds is 2. The molecule has 4 N–H and O–H groups in total. The summed E-state index contributed by atoms with van der Waals surface area (Å²) in [5.74, 6) is 0. The first-order valence-electron chi connectivity index (χ1n) is 3.66. The van der Waals surface area contributed by atoms with Gasteiger partial charge >= 0.3 is 0 Å². The van der Waals surface area contributed by atoms with Crippen LogP contribution >= 0.6 is 0 Å². The molecule has 11 heavy (non-hydrogen) atoms. The normalized spacial score (nSPS) is 18.5. The molecular formula is C8H14N2O. The van der Waals surface area contributed by atoms with Crippen LogP contribution in [0.1, 0.15) is 12.8 Å². The van der Waals surface area contributed by atoms with Gasteiger partial charge in [-0.2, -0.15) is 0 Å². The van der Waals surface area contributed by atoms with Gasteiger partial charge in [-0.1, -0.05) is 0 Å². The molecule has 1 rings (SSSR count). The predicted octanol–water partition coefficient (Wildman–Crippen LogP) is 0.482. The van der Waals surface area contributed by atoms with Gasteiger partial charge in [0.15, 0.2) is 0 Å². The summed E-state index contributed by atoms with van der Waals surface area (Å²) in [4.78, 5) is 0. The van der Waals surface area contributed by atoms with Crippen molar-refractivity contribution in [2.24, 2.45) is 11.5 Å². The molecule has 1 aliphatic rings. The van der Waals surface area contributed by atoms with Crippen LogP contribution < -0.4 is 11.5 Å². The number of allylic oxidation sites excluding steroid dienone is 2. The average molecular weight is 154 g/mol. The van der Waals surface area contributed by atoms with E-state index < -0.39 is 0 Å². The van der Waals surface area contributed by atoms with E-state index in [-0.39, 0.29) is 0 Å². The fourth-order valence-electron chi connectivity index (χ4n) is 1.12. The molecule has 0 aliphatic heterocycles. The fraction of sp³-hybridized carbons (Fsp3) is 0.500. The van der Waals surface area contributed by atoms with Gasteiger partial charge in [0.25, 0.3) is 0 Å². The molecular weight excluding hydrogens is 140 g/mol. The van der Waals surface area contributed by atoms with E-state index in [9.17, 15) is 0 Å². The van der Waals surface area contributed by atoms with E-state index in [1.807, 2.05) is 6.08 Å². The van der Waals surface area contributed by atoms with E-state index >= 15 is 0 Å². The summed E-state index contributed by atoms with van der Waals surface area (Å²) < 4.78 is 4.96. The lowest BCUT2D eigenvalue weighted by atomic mass is 10.0. The van der Waals surface area contributed by atoms with Crippen LogP contribution in [-0.2, 0) is 4.74 Å². The first-order chi connectivity index (χ1) is 5.24. The molecule has 0 saturated heterocycles. The maximum Gasteiger partial charge on any atom is 0.0730 e. The highest BCUT2D eigenvalue weighted by Crippen LogP contribution is 2.17. The van der Waals surface area contributed by atoms with Crippen LogP contribution in [0.15, 0.2) is 23.0 Å². The minimum Gasteiger partial charge on any atom is -0.402 e. The van der Waals surface area contributed by atoms with Crippen LogP contribution in [0.4, 0.5) is 0 Å². The van der Waals surface area contributed by atoms with E-state index in [0.717, 1.165) is 29.8 Å². The Kier molecular flexibility index (Phi) is 2.54. The molecule has 0 aromatic carbocycles. The third kappa shape index (κ3) is 1.98. The van der Waals surface area contributed by atoms with Crippen molar-refractivity contribution in [3.8, 4) is 0 Å². The maximum atomic E-state index is 5.73. The second-order valence-corrected chi connectivity index (χ2v) is 2.70. The molecule has 0 aromatic heterocycles. The van der Waals surface area contributed by atoms with Crippen molar-refractivity contribution in [1.29, 1.82) is 0 Å². The summed E-state index contributed by atoms with van der Waals surface area (Å²) in [6.07, 6.45) is 3.64. The Balaban J connectivity index is 2.71. The van der Waals surface area contributed by atoms with E-state index in [1.54, 1.807) is 7.11 Å². The smallest absolute Gasteiger partial charge is 0.0730 e. The van der Waals surface area contributed by atoms with E-state index in [2.05, 4.69) is 0 Å². The van der Waals surface area contributed by atoms with Crippen LogP contribution in [-0.4, -0.2) is 13.7 Å². The van der Waals surface area contributed by atoms with Crippen LogP contribution in [0.5, 0.6) is 0 Å². The largest absolute Gasteiger partial charge is 0.402 e. The average Bonchev–Trinajstić information content (AvgIpc) is 1.98. The third-order valence-electron chi connectivity index (χ3n) is 1.75. The van der Waals surface area contributed by atoms with E-state index in [1.165, 1.54) is 0 Å². The van der Waals surface area contributed by atoms with Crippen molar-refractivity contribution >= 4 is 0 Å². The summed E-state index contributed by atoms with van der Waals surface area (Å²) in [5.41, 5.74) is 14.2. The van der Waals surface area contributed by atoms with E-state index in [0.29, 0.717) is 6.61 Å². The van der Waals surface area contributed by atoms with Crippen LogP contribution in [0.25, 0.3) is 0 Å². The minimum absolute atomic E-state index is 0.562. The monoisotopic (exact) mass is 154 g/mol. The fourth-order valence-corrected chi connectivity index (χ4v) is 1.12. The minimum atomic E-state index is 0.562. The SMILES string of the molecule is COCC1=C(N)CCC(N)=C1. The van der Waals surface area contributed by atoms with Crippen LogP contribution in [0.2, 0.25) is 0 Å². The Morgan fingerprint density at radius 3 is 2.82 bits per heavy atom. The second-order valence-electron chi connectivity index (χ2n) is 2.70. The summed E-state index contributed by atoms with van der Waals surface area (Å²) in [6, 6.07) is 0. The summed E-state index contributed by atoms with van der Waals surface area (Å²) in [6.45, 7) is 0.562. The summed E-state index contributed by atoms with van der Waals surface area (Å²) >= 11 is 0. The molecule has 0 heterocycles. The van der Waals surface area contributed by atoms with Crippen LogP contribution in [0, 0.1) is 0 Å². The molecule has 0 atom stereocenters. The van der Waals surface area contributed by atoms with Gasteiger partial charge < -0.3 is 16.2 Å². The van der Waals surface area contributed by atoms with Gasteiger partial charge in [0.2, 0.25) is 0 Å². The lowest BCUT2D eigenvalue weighted by Gasteiger charge is -2.14. The summed E-state index contributed by atoms with van der Waals surface area (Å²) in [5, 5.41) is 0. The molecule has 0 radical (unpaired) electrons. The predicted molar refractivity (Wildman–Crippen MR) is 44.6 cm³/mol. The molecule has 62 valence electrons. The number of hydrogen-bond acceptors (Lipinski definition) is 3.